The van der Waals surface area contributed by atoms with Crippen LogP contribution in [0.1, 0.15) is 30.9 Å². The molecule has 0 aromatic heterocycles. The van der Waals surface area contributed by atoms with Crippen molar-refractivity contribution in [3.63, 3.8) is 0 Å². The van der Waals surface area contributed by atoms with Crippen molar-refractivity contribution in [1.29, 1.82) is 0 Å². The molecule has 1 saturated heterocycles. The van der Waals surface area contributed by atoms with Gasteiger partial charge in [-0.15, -0.1) is 0 Å². The van der Waals surface area contributed by atoms with Crippen LogP contribution >= 0.6 is 11.6 Å². The van der Waals surface area contributed by atoms with Crippen LogP contribution < -0.4 is 19.5 Å². The number of anilines is 1. The topological polar surface area (TPSA) is 60.0 Å². The average molecular weight is 453 g/mol. The normalized spacial score (nSPS) is 18.6. The molecule has 2 heterocycles. The Bertz CT molecular complexity index is 944. The van der Waals surface area contributed by atoms with Gasteiger partial charge in [-0.3, -0.25) is 9.69 Å². The van der Waals surface area contributed by atoms with Gasteiger partial charge in [0.1, 0.15) is 5.75 Å². The highest BCUT2D eigenvalue weighted by atomic mass is 35.5. The van der Waals surface area contributed by atoms with Crippen molar-refractivity contribution in [3.8, 4) is 17.2 Å². The number of nitrogens with zero attached hydrogens (tertiary/aromatic N) is 1. The summed E-state index contributed by atoms with van der Waals surface area (Å²) in [6, 6.07) is 10.2. The Kier molecular flexibility index (Phi) is 6.77. The molecule has 4 rings (SSSR count). The van der Waals surface area contributed by atoms with E-state index < -0.39 is 6.61 Å². The zero-order valence-electron chi connectivity index (χ0n) is 16.8. The number of hydrogen-bond acceptors (Lipinski definition) is 5. The minimum absolute atomic E-state index is 0.00402. The third kappa shape index (κ3) is 5.37. The number of hydrogen-bond donors (Lipinski definition) is 1. The Morgan fingerprint density at radius 3 is 2.74 bits per heavy atom. The van der Waals surface area contributed by atoms with Gasteiger partial charge in [0.25, 0.3) is 0 Å². The van der Waals surface area contributed by atoms with E-state index in [0.29, 0.717) is 18.9 Å². The van der Waals surface area contributed by atoms with E-state index in [9.17, 15) is 13.6 Å². The molecule has 0 spiro atoms. The van der Waals surface area contributed by atoms with E-state index in [4.69, 9.17) is 21.1 Å². The van der Waals surface area contributed by atoms with Crippen molar-refractivity contribution in [1.82, 2.24) is 4.90 Å². The number of rotatable bonds is 6. The molecule has 1 unspecified atom stereocenters. The van der Waals surface area contributed by atoms with Gasteiger partial charge >= 0.3 is 6.61 Å². The predicted molar refractivity (Wildman–Crippen MR) is 112 cm³/mol. The molecule has 2 aromatic carbocycles. The van der Waals surface area contributed by atoms with Crippen LogP contribution in [0.25, 0.3) is 0 Å². The van der Waals surface area contributed by atoms with Crippen LogP contribution in [-0.2, 0) is 4.79 Å². The predicted octanol–water partition coefficient (Wildman–Crippen LogP) is 4.88. The molecule has 2 aliphatic heterocycles. The molecule has 9 heteroatoms. The molecule has 2 aromatic rings. The Labute approximate surface area is 184 Å². The van der Waals surface area contributed by atoms with E-state index in [0.717, 1.165) is 42.9 Å². The molecule has 1 atom stereocenters. The Balaban J connectivity index is 1.40. The summed E-state index contributed by atoms with van der Waals surface area (Å²) < 4.78 is 40.5. The van der Waals surface area contributed by atoms with Crippen LogP contribution in [0, 0.1) is 0 Å². The summed E-state index contributed by atoms with van der Waals surface area (Å²) in [5, 5.41) is 2.77. The largest absolute Gasteiger partial charge is 0.490 e. The first-order chi connectivity index (χ1) is 15.0. The van der Waals surface area contributed by atoms with E-state index in [1.165, 1.54) is 18.2 Å². The summed E-state index contributed by atoms with van der Waals surface area (Å²) in [5.74, 6) is 1.15. The Hall–Kier alpha value is -2.58. The number of alkyl halides is 2. The lowest BCUT2D eigenvalue weighted by Crippen LogP contribution is -2.33. The summed E-state index contributed by atoms with van der Waals surface area (Å²) in [4.78, 5) is 14.7. The summed E-state index contributed by atoms with van der Waals surface area (Å²) in [7, 11) is 0. The molecule has 166 valence electrons. The van der Waals surface area contributed by atoms with Crippen molar-refractivity contribution in [2.45, 2.75) is 31.9 Å². The summed E-state index contributed by atoms with van der Waals surface area (Å²) in [6.07, 6.45) is 2.77. The number of likely N-dealkylation sites (tertiary alicyclic amines) is 1. The van der Waals surface area contributed by atoms with E-state index in [-0.39, 0.29) is 29.3 Å². The number of benzene rings is 2. The van der Waals surface area contributed by atoms with Gasteiger partial charge in [-0.2, -0.15) is 8.78 Å². The lowest BCUT2D eigenvalue weighted by atomic mass is 10.0. The second kappa shape index (κ2) is 9.70. The van der Waals surface area contributed by atoms with Crippen LogP contribution in [0.5, 0.6) is 17.2 Å². The molecule has 0 saturated carbocycles. The lowest BCUT2D eigenvalue weighted by molar-refractivity contribution is -0.117. The van der Waals surface area contributed by atoms with Gasteiger partial charge in [0.2, 0.25) is 5.91 Å². The minimum Gasteiger partial charge on any atom is -0.490 e. The molecular formula is C22H23ClF2N2O4. The monoisotopic (exact) mass is 452 g/mol. The first-order valence-electron chi connectivity index (χ1n) is 10.2. The summed E-state index contributed by atoms with van der Waals surface area (Å²) in [6.45, 7) is -0.700. The average Bonchev–Trinajstić information content (AvgIpc) is 3.05. The number of amides is 1. The van der Waals surface area contributed by atoms with Crippen LogP contribution in [0.15, 0.2) is 36.4 Å². The number of carbonyl (C=O) groups excluding carboxylic acids is 1. The fourth-order valence-electron chi connectivity index (χ4n) is 3.94. The first kappa shape index (κ1) is 21.6. The molecule has 0 bridgehead atoms. The second-order valence-electron chi connectivity index (χ2n) is 7.46. The van der Waals surface area contributed by atoms with Crippen molar-refractivity contribution in [3.05, 3.63) is 47.0 Å². The van der Waals surface area contributed by atoms with Gasteiger partial charge in [0.05, 0.1) is 24.8 Å². The number of nitrogens with one attached hydrogen (secondary N) is 1. The van der Waals surface area contributed by atoms with E-state index in [2.05, 4.69) is 15.0 Å². The quantitative estimate of drug-likeness (QED) is 0.677. The third-order valence-electron chi connectivity index (χ3n) is 5.30. The molecular weight excluding hydrogens is 430 g/mol. The number of fused-ring (bicyclic) bond motifs is 1. The van der Waals surface area contributed by atoms with Crippen LogP contribution in [-0.4, -0.2) is 43.7 Å². The highest BCUT2D eigenvalue weighted by Crippen LogP contribution is 2.38. The number of carbonyl (C=O) groups is 1. The van der Waals surface area contributed by atoms with Gasteiger partial charge < -0.3 is 19.5 Å². The smallest absolute Gasteiger partial charge is 0.387 e. The molecule has 2 aliphatic rings. The molecule has 31 heavy (non-hydrogen) atoms. The summed E-state index contributed by atoms with van der Waals surface area (Å²) in [5.41, 5.74) is 1.51. The van der Waals surface area contributed by atoms with Crippen molar-refractivity contribution in [2.75, 3.05) is 31.6 Å². The molecule has 1 fully saturated rings. The molecule has 1 N–H and O–H groups in total. The molecule has 1 amide bonds. The summed E-state index contributed by atoms with van der Waals surface area (Å²) >= 11 is 5.96. The van der Waals surface area contributed by atoms with Crippen LogP contribution in [0.3, 0.4) is 0 Å². The van der Waals surface area contributed by atoms with Gasteiger partial charge in [-0.25, -0.2) is 0 Å². The van der Waals surface area contributed by atoms with Gasteiger partial charge in [-0.05, 0) is 55.3 Å². The maximum absolute atomic E-state index is 12.6. The lowest BCUT2D eigenvalue weighted by Gasteiger charge is -2.25. The molecule has 6 nitrogen and oxygen atoms in total. The van der Waals surface area contributed by atoms with Gasteiger partial charge in [0.15, 0.2) is 11.5 Å². The number of halogens is 3. The third-order valence-corrected chi connectivity index (χ3v) is 5.59. The fraction of sp³-hybridized carbons (Fsp3) is 0.409. The zero-order valence-corrected chi connectivity index (χ0v) is 17.5. The number of ether oxygens (including phenoxy) is 3. The minimum atomic E-state index is -2.96. The Morgan fingerprint density at radius 2 is 1.97 bits per heavy atom. The van der Waals surface area contributed by atoms with E-state index >= 15 is 0 Å². The highest BCUT2D eigenvalue weighted by Gasteiger charge is 2.28. The highest BCUT2D eigenvalue weighted by molar-refractivity contribution is 6.32. The molecule has 0 aliphatic carbocycles. The van der Waals surface area contributed by atoms with E-state index in [1.54, 1.807) is 0 Å². The second-order valence-corrected chi connectivity index (χ2v) is 7.86. The maximum atomic E-state index is 12.6. The van der Waals surface area contributed by atoms with Crippen LogP contribution in [0.4, 0.5) is 14.5 Å². The Morgan fingerprint density at radius 1 is 1.16 bits per heavy atom. The van der Waals surface area contributed by atoms with Gasteiger partial charge in [-0.1, -0.05) is 17.7 Å². The zero-order chi connectivity index (χ0) is 21.8. The molecule has 0 radical (unpaired) electrons. The van der Waals surface area contributed by atoms with Gasteiger partial charge in [0, 0.05) is 18.2 Å². The van der Waals surface area contributed by atoms with E-state index in [1.807, 2.05) is 18.2 Å². The standard InChI is InChI=1S/C22H23ClF2N2O4/c23-16-12-15(5-7-18(16)31-22(24)25)26-21(28)13-27-8-1-3-17(27)14-4-6-19-20(11-14)30-10-2-9-29-19/h4-7,11-12,17,22H,1-3,8-10,13H2,(H,26,28). The van der Waals surface area contributed by atoms with Crippen LogP contribution in [0.2, 0.25) is 5.02 Å². The fourth-order valence-corrected chi connectivity index (χ4v) is 4.16. The van der Waals surface area contributed by atoms with Crippen molar-refractivity contribution in [2.24, 2.45) is 0 Å². The van der Waals surface area contributed by atoms with Crippen molar-refractivity contribution >= 4 is 23.2 Å². The maximum Gasteiger partial charge on any atom is 0.387 e. The SMILES string of the molecule is O=C(CN1CCCC1c1ccc2c(c1)OCCCO2)Nc1ccc(OC(F)F)c(Cl)c1. The first-order valence-corrected chi connectivity index (χ1v) is 10.6. The van der Waals surface area contributed by atoms with Crippen molar-refractivity contribution < 1.29 is 27.8 Å².